The summed E-state index contributed by atoms with van der Waals surface area (Å²) in [5, 5.41) is 55.8. The summed E-state index contributed by atoms with van der Waals surface area (Å²) in [4.78, 5) is 20.7. The molecule has 0 radical (unpaired) electrons. The van der Waals surface area contributed by atoms with Crippen molar-refractivity contribution in [1.29, 1.82) is 0 Å². The number of fused-ring (bicyclic) bond motifs is 5. The molecule has 5 fully saturated rings. The van der Waals surface area contributed by atoms with Gasteiger partial charge in [0.1, 0.15) is 0 Å². The third kappa shape index (κ3) is 13.8. The molecule has 0 aromatic carbocycles. The number of hydrogen-bond donors (Lipinski definition) is 4. The van der Waals surface area contributed by atoms with E-state index in [1.807, 2.05) is 0 Å². The third-order valence-electron chi connectivity index (χ3n) is 10.8. The van der Waals surface area contributed by atoms with Crippen molar-refractivity contribution in [3.05, 3.63) is 68.6 Å². The maximum absolute atomic E-state index is 10.4. The largest absolute Gasteiger partial charge is 1.00 e. The number of carbonyl (C=O) groups is 2. The van der Waals surface area contributed by atoms with Gasteiger partial charge in [-0.3, -0.25) is 4.79 Å². The van der Waals surface area contributed by atoms with E-state index in [1.54, 1.807) is 0 Å². The minimum atomic E-state index is -0.881. The van der Waals surface area contributed by atoms with E-state index in [9.17, 15) is 9.59 Å². The van der Waals surface area contributed by atoms with E-state index in [0.29, 0.717) is 74.9 Å². The van der Waals surface area contributed by atoms with Gasteiger partial charge in [-0.25, -0.2) is 4.79 Å². The normalized spacial score (nSPS) is 30.5. The van der Waals surface area contributed by atoms with Crippen LogP contribution in [0.25, 0.3) is 21.3 Å². The first kappa shape index (κ1) is 48.2. The van der Waals surface area contributed by atoms with Gasteiger partial charge in [-0.15, -0.1) is 44.3 Å². The number of carboxylic acids is 2. The second kappa shape index (κ2) is 24.6. The molecule has 0 spiro atoms. The molecule has 6 unspecified atom stereocenters. The minimum absolute atomic E-state index is 0. The van der Waals surface area contributed by atoms with Gasteiger partial charge in [0.05, 0.1) is 5.92 Å². The summed E-state index contributed by atoms with van der Waals surface area (Å²) in [7, 11) is 0. The third-order valence-corrected chi connectivity index (χ3v) is 10.8. The van der Waals surface area contributed by atoms with E-state index < -0.39 is 11.9 Å². The number of allylic oxidation sites excluding steroid dienone is 2. The maximum atomic E-state index is 10.4. The average Bonchev–Trinajstić information content (AvgIpc) is 3.13. The van der Waals surface area contributed by atoms with Crippen molar-refractivity contribution in [2.75, 3.05) is 52.4 Å². The Morgan fingerprint density at radius 2 is 1.31 bits per heavy atom. The van der Waals surface area contributed by atoms with Crippen LogP contribution in [-0.2, 0) is 43.7 Å². The molecule has 6 atom stereocenters. The molecule has 6 aliphatic heterocycles. The van der Waals surface area contributed by atoms with Crippen LogP contribution in [0.3, 0.4) is 0 Å². The molecule has 0 aromatic rings. The first-order valence-corrected chi connectivity index (χ1v) is 18.1. The zero-order valence-electron chi connectivity index (χ0n) is 29.8. The Labute approximate surface area is 329 Å². The molecule has 52 heavy (non-hydrogen) atoms. The minimum Gasteiger partial charge on any atom is -0.688 e. The van der Waals surface area contributed by atoms with E-state index in [2.05, 4.69) is 34.9 Å². The Morgan fingerprint density at radius 1 is 0.692 bits per heavy atom. The summed E-state index contributed by atoms with van der Waals surface area (Å²) in [5.74, 6) is 0.894. The fourth-order valence-corrected chi connectivity index (χ4v) is 8.06. The number of piperidine rings is 4. The summed E-state index contributed by atoms with van der Waals surface area (Å²) in [6.07, 6.45) is 22.9. The summed E-state index contributed by atoms with van der Waals surface area (Å²) in [6, 6.07) is 1.26. The maximum Gasteiger partial charge on any atom is 1.00 e. The van der Waals surface area contributed by atoms with Gasteiger partial charge in [-0.1, -0.05) is 81.1 Å². The quantitative estimate of drug-likeness (QED) is 0.222. The van der Waals surface area contributed by atoms with E-state index in [1.165, 1.54) is 73.9 Å². The predicted molar refractivity (Wildman–Crippen MR) is 191 cm³/mol. The Morgan fingerprint density at radius 3 is 1.87 bits per heavy atom. The van der Waals surface area contributed by atoms with Gasteiger partial charge in [0.25, 0.3) is 0 Å². The zero-order valence-corrected chi connectivity index (χ0v) is 31.6. The molecule has 4 saturated heterocycles. The summed E-state index contributed by atoms with van der Waals surface area (Å²) in [5.41, 5.74) is 2.90. The molecule has 2 aliphatic carbocycles. The van der Waals surface area contributed by atoms with Crippen molar-refractivity contribution in [2.24, 2.45) is 29.6 Å². The van der Waals surface area contributed by atoms with Gasteiger partial charge < -0.3 is 52.8 Å². The summed E-state index contributed by atoms with van der Waals surface area (Å²) >= 11 is 0. The smallest absolute Gasteiger partial charge is 0.688 e. The Hall–Kier alpha value is -1.78. The topological polar surface area (TPSA) is 241 Å². The fourth-order valence-electron chi connectivity index (χ4n) is 8.06. The second-order valence-electron chi connectivity index (χ2n) is 14.0. The van der Waals surface area contributed by atoms with E-state index >= 15 is 0 Å². The monoisotopic (exact) mass is 828 g/mol. The number of hydrogen-bond acceptors (Lipinski definition) is 6. The molecule has 14 nitrogen and oxygen atoms in total. The van der Waals surface area contributed by atoms with Crippen LogP contribution in [0.15, 0.2) is 47.3 Å². The van der Waals surface area contributed by atoms with Crippen LogP contribution in [-0.4, -0.2) is 118 Å². The van der Waals surface area contributed by atoms with Gasteiger partial charge in [-0.05, 0) is 37.5 Å². The molecule has 8 aliphatic rings. The van der Waals surface area contributed by atoms with Crippen LogP contribution in [0.1, 0.15) is 70.6 Å². The van der Waals surface area contributed by atoms with Crippen molar-refractivity contribution < 1.29 is 75.3 Å². The molecule has 6 heterocycles. The van der Waals surface area contributed by atoms with Crippen LogP contribution >= 0.6 is 0 Å². The van der Waals surface area contributed by atoms with Gasteiger partial charge >= 0.3 is 46.1 Å². The molecule has 0 aromatic heterocycles. The van der Waals surface area contributed by atoms with E-state index in [-0.39, 0.29) is 51.0 Å². The molecule has 8 rings (SSSR count). The van der Waals surface area contributed by atoms with Gasteiger partial charge in [0.2, 0.25) is 0 Å². The number of nitrogens with zero attached hydrogens (tertiary/aromatic N) is 6. The van der Waals surface area contributed by atoms with Crippen LogP contribution in [0, 0.1) is 29.6 Å². The Balaban J connectivity index is 0.000000343. The molecule has 16 heteroatoms. The Kier molecular flexibility index (Phi) is 22.8. The van der Waals surface area contributed by atoms with Crippen molar-refractivity contribution in [3.8, 4) is 0 Å². The molecular weight excluding hydrogens is 772 g/mol. The first-order chi connectivity index (χ1) is 23.3. The number of hydroxylamine groups is 4. The SMILES string of the molecule is C1=CC2C=CC3CCC[N-]C3=C2[N-]C1.C1C[N-]C2C(C1)CCC1CCC[N-]C12.O.O.O=C(O)C1=CCN(O)CC1.O=C(O)C1CCN(O)CC1.[Cu+].[Cu+]. The molecule has 8 N–H and O–H groups in total. The first-order valence-electron chi connectivity index (χ1n) is 18.1. The molecule has 0 amide bonds. The van der Waals surface area contributed by atoms with Crippen molar-refractivity contribution in [2.45, 2.75) is 82.7 Å². The van der Waals surface area contributed by atoms with Crippen LogP contribution < -0.4 is 0 Å². The second-order valence-corrected chi connectivity index (χ2v) is 14.0. The van der Waals surface area contributed by atoms with Crippen molar-refractivity contribution in [1.82, 2.24) is 10.1 Å². The average molecular weight is 830 g/mol. The summed E-state index contributed by atoms with van der Waals surface area (Å²) in [6.45, 7) is 5.76. The van der Waals surface area contributed by atoms with Crippen LogP contribution in [0.4, 0.5) is 0 Å². The van der Waals surface area contributed by atoms with Gasteiger partial charge in [0.15, 0.2) is 0 Å². The standard InChI is InChI=1S/C12H20N2.C12H14N2.C6H11NO3.C6H9NO3.2Cu.2H2O/c2*1-3-9-5-6-10-4-2-8-14-12(10)11(9)13-7-1;2*8-6(9)5-1-3-7(10)4-2-5;;;;/h9-12H,1-8H2;1,3,5-6,9-10H,2,4,7-8H2;5,10H,1-4H2,(H,8,9);1,10H,2-4H2,(H,8,9);;;2*1H2/q2*-2;;;2*+1;;. The number of aliphatic carboxylic acids is 2. The molecule has 0 bridgehead atoms. The van der Waals surface area contributed by atoms with Gasteiger partial charge in [-0.2, -0.15) is 21.5 Å². The summed E-state index contributed by atoms with van der Waals surface area (Å²) < 4.78 is 0. The van der Waals surface area contributed by atoms with Crippen LogP contribution in [0.5, 0.6) is 0 Å². The number of rotatable bonds is 2. The van der Waals surface area contributed by atoms with Gasteiger partial charge in [0, 0.05) is 31.8 Å². The van der Waals surface area contributed by atoms with E-state index in [0.717, 1.165) is 43.1 Å². The molecule has 1 saturated carbocycles. The molecule has 304 valence electrons. The Bertz CT molecular complexity index is 1190. The predicted octanol–water partition coefficient (Wildman–Crippen LogP) is 4.81. The zero-order chi connectivity index (χ0) is 33.9. The fraction of sp³-hybridized carbons (Fsp3) is 0.722. The van der Waals surface area contributed by atoms with Crippen LogP contribution in [0.2, 0.25) is 0 Å². The number of carboxylic acid groups (broad SMARTS) is 2. The van der Waals surface area contributed by atoms with Crippen molar-refractivity contribution in [3.63, 3.8) is 0 Å². The van der Waals surface area contributed by atoms with Crippen molar-refractivity contribution >= 4 is 11.9 Å². The van der Waals surface area contributed by atoms with E-state index in [4.69, 9.17) is 31.3 Å². The molecular formula is C36H58Cu2N6O8-2.